The fourth-order valence-corrected chi connectivity index (χ4v) is 1.69. The molecule has 0 fully saturated rings. The monoisotopic (exact) mass is 159 g/mol. The highest BCUT2D eigenvalue weighted by atomic mass is 32.2. The van der Waals surface area contributed by atoms with Gasteiger partial charge in [-0.15, -0.1) is 0 Å². The zero-order valence-corrected chi connectivity index (χ0v) is 8.04. The first kappa shape index (κ1) is 10.3. The quantitative estimate of drug-likeness (QED) is 0.534. The molecule has 1 heteroatoms. The highest BCUT2D eigenvalue weighted by Gasteiger charge is 1.96. The van der Waals surface area contributed by atoms with Gasteiger partial charge in [0.1, 0.15) is 0 Å². The van der Waals surface area contributed by atoms with Crippen molar-refractivity contribution in [2.75, 3.05) is 5.75 Å². The van der Waals surface area contributed by atoms with Crippen LogP contribution in [0.5, 0.6) is 0 Å². The number of rotatable bonds is 6. The summed E-state index contributed by atoms with van der Waals surface area (Å²) in [5, 5.41) is 0.852. The molecule has 0 saturated heterocycles. The largest absolute Gasteiger partial charge is 0.159 e. The van der Waals surface area contributed by atoms with Crippen LogP contribution in [0.1, 0.15) is 39.5 Å². The van der Waals surface area contributed by atoms with Crippen molar-refractivity contribution in [1.82, 2.24) is 0 Å². The summed E-state index contributed by atoms with van der Waals surface area (Å²) in [5.41, 5.74) is 0. The molecule has 0 aromatic rings. The standard InChI is InChI=1S/C9H19S/c1-4-6-7-8-10-9(3)5-2/h9H,1,4-8H2,2-3H3. The van der Waals surface area contributed by atoms with Crippen molar-refractivity contribution >= 4 is 11.8 Å². The normalized spacial score (nSPS) is 13.5. The van der Waals surface area contributed by atoms with Crippen LogP contribution in [0.25, 0.3) is 0 Å². The summed E-state index contributed by atoms with van der Waals surface area (Å²) in [7, 11) is 0. The van der Waals surface area contributed by atoms with Gasteiger partial charge in [0.15, 0.2) is 0 Å². The molecule has 1 unspecified atom stereocenters. The van der Waals surface area contributed by atoms with E-state index in [0.717, 1.165) is 11.7 Å². The fourth-order valence-electron chi connectivity index (χ4n) is 0.681. The molecule has 1 atom stereocenters. The first-order valence-electron chi connectivity index (χ1n) is 4.22. The number of hydrogen-bond acceptors (Lipinski definition) is 1. The smallest absolute Gasteiger partial charge is 0.00160 e. The van der Waals surface area contributed by atoms with Crippen LogP contribution < -0.4 is 0 Å². The average molecular weight is 159 g/mol. The number of thioether (sulfide) groups is 1. The minimum atomic E-state index is 0.852. The third-order valence-electron chi connectivity index (χ3n) is 1.62. The van der Waals surface area contributed by atoms with Crippen molar-refractivity contribution in [3.8, 4) is 0 Å². The summed E-state index contributed by atoms with van der Waals surface area (Å²) in [6.45, 7) is 8.36. The molecule has 0 N–H and O–H groups in total. The third kappa shape index (κ3) is 6.47. The van der Waals surface area contributed by atoms with Crippen molar-refractivity contribution in [3.63, 3.8) is 0 Å². The van der Waals surface area contributed by atoms with E-state index in [1.165, 1.54) is 25.0 Å². The maximum Gasteiger partial charge on any atom is 0.00160 e. The van der Waals surface area contributed by atoms with Gasteiger partial charge in [0.05, 0.1) is 0 Å². The van der Waals surface area contributed by atoms with Crippen LogP contribution in [0.2, 0.25) is 0 Å². The molecule has 0 aromatic heterocycles. The van der Waals surface area contributed by atoms with Crippen LogP contribution in [0.15, 0.2) is 0 Å². The van der Waals surface area contributed by atoms with Crippen molar-refractivity contribution < 1.29 is 0 Å². The van der Waals surface area contributed by atoms with E-state index in [9.17, 15) is 0 Å². The summed E-state index contributed by atoms with van der Waals surface area (Å²) in [5.74, 6) is 1.32. The second kappa shape index (κ2) is 7.46. The Bertz CT molecular complexity index is 61.7. The van der Waals surface area contributed by atoms with Gasteiger partial charge >= 0.3 is 0 Å². The Morgan fingerprint density at radius 3 is 2.60 bits per heavy atom. The number of unbranched alkanes of at least 4 members (excludes halogenated alkanes) is 2. The lowest BCUT2D eigenvalue weighted by Crippen LogP contribution is -1.94. The van der Waals surface area contributed by atoms with Crippen molar-refractivity contribution in [2.24, 2.45) is 0 Å². The molecule has 0 aliphatic carbocycles. The Kier molecular flexibility index (Phi) is 7.72. The van der Waals surface area contributed by atoms with Crippen molar-refractivity contribution in [2.45, 2.75) is 44.8 Å². The molecule has 0 bridgehead atoms. The molecule has 10 heavy (non-hydrogen) atoms. The lowest BCUT2D eigenvalue weighted by Gasteiger charge is -2.06. The van der Waals surface area contributed by atoms with Crippen LogP contribution in [0.3, 0.4) is 0 Å². The molecule has 0 aliphatic rings. The maximum absolute atomic E-state index is 3.81. The van der Waals surface area contributed by atoms with Crippen molar-refractivity contribution in [1.29, 1.82) is 0 Å². The minimum absolute atomic E-state index is 0.852. The van der Waals surface area contributed by atoms with Gasteiger partial charge in [0, 0.05) is 5.25 Å². The zero-order chi connectivity index (χ0) is 7.82. The molecule has 0 rings (SSSR count). The van der Waals surface area contributed by atoms with E-state index in [-0.39, 0.29) is 0 Å². The summed E-state index contributed by atoms with van der Waals surface area (Å²) in [6, 6.07) is 0. The molecule has 0 heterocycles. The summed E-state index contributed by atoms with van der Waals surface area (Å²) in [4.78, 5) is 0. The highest BCUT2D eigenvalue weighted by molar-refractivity contribution is 7.99. The lowest BCUT2D eigenvalue weighted by atomic mass is 10.3. The van der Waals surface area contributed by atoms with Gasteiger partial charge in [-0.1, -0.05) is 33.6 Å². The average Bonchev–Trinajstić information content (AvgIpc) is 1.98. The molecule has 61 valence electrons. The minimum Gasteiger partial charge on any atom is -0.159 e. The van der Waals surface area contributed by atoms with E-state index in [1.807, 2.05) is 0 Å². The first-order valence-corrected chi connectivity index (χ1v) is 5.27. The van der Waals surface area contributed by atoms with E-state index in [2.05, 4.69) is 32.5 Å². The Morgan fingerprint density at radius 1 is 1.40 bits per heavy atom. The molecule has 0 saturated carbocycles. The summed E-state index contributed by atoms with van der Waals surface area (Å²) >= 11 is 2.09. The number of hydrogen-bond donors (Lipinski definition) is 0. The zero-order valence-electron chi connectivity index (χ0n) is 7.23. The Labute approximate surface area is 69.8 Å². The van der Waals surface area contributed by atoms with Crippen LogP contribution in [-0.2, 0) is 0 Å². The fraction of sp³-hybridized carbons (Fsp3) is 0.889. The van der Waals surface area contributed by atoms with Gasteiger partial charge in [-0.2, -0.15) is 11.8 Å². The maximum atomic E-state index is 3.81. The topological polar surface area (TPSA) is 0 Å². The van der Waals surface area contributed by atoms with Crippen LogP contribution in [0.4, 0.5) is 0 Å². The molecular weight excluding hydrogens is 140 g/mol. The first-order chi connectivity index (χ1) is 4.81. The van der Waals surface area contributed by atoms with Gasteiger partial charge < -0.3 is 0 Å². The van der Waals surface area contributed by atoms with Gasteiger partial charge in [-0.05, 0) is 18.6 Å². The Morgan fingerprint density at radius 2 is 2.10 bits per heavy atom. The summed E-state index contributed by atoms with van der Waals surface area (Å²) in [6.07, 6.45) is 5.04. The second-order valence-corrected chi connectivity index (χ2v) is 4.20. The Hall–Kier alpha value is 0.350. The van der Waals surface area contributed by atoms with E-state index in [0.29, 0.717) is 0 Å². The van der Waals surface area contributed by atoms with E-state index in [1.54, 1.807) is 0 Å². The highest BCUT2D eigenvalue weighted by Crippen LogP contribution is 2.15. The van der Waals surface area contributed by atoms with Gasteiger partial charge in [0.25, 0.3) is 0 Å². The molecule has 1 radical (unpaired) electrons. The molecular formula is C9H19S. The molecule has 0 spiro atoms. The van der Waals surface area contributed by atoms with Crippen LogP contribution in [0, 0.1) is 6.92 Å². The predicted octanol–water partition coefficient (Wildman–Crippen LogP) is 3.52. The summed E-state index contributed by atoms with van der Waals surface area (Å²) < 4.78 is 0. The second-order valence-electron chi connectivity index (χ2n) is 2.65. The van der Waals surface area contributed by atoms with Gasteiger partial charge in [-0.25, -0.2) is 0 Å². The third-order valence-corrected chi connectivity index (χ3v) is 3.05. The molecule has 0 aliphatic heterocycles. The molecule has 0 aromatic carbocycles. The lowest BCUT2D eigenvalue weighted by molar-refractivity contribution is 0.815. The van der Waals surface area contributed by atoms with E-state index >= 15 is 0 Å². The van der Waals surface area contributed by atoms with Crippen LogP contribution >= 0.6 is 11.8 Å². The van der Waals surface area contributed by atoms with E-state index < -0.39 is 0 Å². The Balaban J connectivity index is 2.89. The van der Waals surface area contributed by atoms with Gasteiger partial charge in [-0.3, -0.25) is 0 Å². The molecule has 0 amide bonds. The van der Waals surface area contributed by atoms with E-state index in [4.69, 9.17) is 0 Å². The molecule has 0 nitrogen and oxygen atoms in total. The predicted molar refractivity (Wildman–Crippen MR) is 51.4 cm³/mol. The SMILES string of the molecule is [CH2]CCCCSC(C)CC. The van der Waals surface area contributed by atoms with Gasteiger partial charge in [0.2, 0.25) is 0 Å². The van der Waals surface area contributed by atoms with Crippen LogP contribution in [-0.4, -0.2) is 11.0 Å². The van der Waals surface area contributed by atoms with Crippen molar-refractivity contribution in [3.05, 3.63) is 6.92 Å².